The Morgan fingerprint density at radius 2 is 2.11 bits per heavy atom. The van der Waals surface area contributed by atoms with E-state index in [0.717, 1.165) is 22.5 Å². The minimum absolute atomic E-state index is 0.0265. The zero-order valence-electron chi connectivity index (χ0n) is 10.6. The standard InChI is InChI=1S/C14H15ClN2OS/c1-2-9-7-11(10-5-3-4-6-12(10)15)14(19-9)17-13(18)8-16/h3-7H,2,8,16H2,1H3,(H,17,18). The Kier molecular flexibility index (Phi) is 4.58. The van der Waals surface area contributed by atoms with Gasteiger partial charge in [0.1, 0.15) is 5.00 Å². The number of carbonyl (C=O) groups is 1. The SMILES string of the molecule is CCc1cc(-c2ccccc2Cl)c(NC(=O)CN)s1. The van der Waals surface area contributed by atoms with E-state index >= 15 is 0 Å². The second-order valence-electron chi connectivity index (χ2n) is 4.04. The van der Waals surface area contributed by atoms with Gasteiger partial charge in [0.05, 0.1) is 6.54 Å². The fraction of sp³-hybridized carbons (Fsp3) is 0.214. The maximum absolute atomic E-state index is 11.5. The van der Waals surface area contributed by atoms with E-state index in [4.69, 9.17) is 17.3 Å². The van der Waals surface area contributed by atoms with Gasteiger partial charge >= 0.3 is 0 Å². The van der Waals surface area contributed by atoms with Crippen molar-refractivity contribution < 1.29 is 4.79 Å². The lowest BCUT2D eigenvalue weighted by atomic mass is 10.1. The zero-order chi connectivity index (χ0) is 13.8. The fourth-order valence-corrected chi connectivity index (χ4v) is 3.03. The van der Waals surface area contributed by atoms with Crippen LogP contribution < -0.4 is 11.1 Å². The van der Waals surface area contributed by atoms with Crippen LogP contribution in [0, 0.1) is 0 Å². The van der Waals surface area contributed by atoms with Crippen molar-refractivity contribution in [1.82, 2.24) is 0 Å². The molecule has 0 bridgehead atoms. The number of hydrogen-bond acceptors (Lipinski definition) is 3. The largest absolute Gasteiger partial charge is 0.322 e. The highest BCUT2D eigenvalue weighted by Crippen LogP contribution is 2.39. The molecule has 0 atom stereocenters. The first-order valence-electron chi connectivity index (χ1n) is 6.03. The van der Waals surface area contributed by atoms with E-state index in [1.807, 2.05) is 24.3 Å². The number of anilines is 1. The summed E-state index contributed by atoms with van der Waals surface area (Å²) in [6, 6.07) is 9.67. The number of thiophene rings is 1. The zero-order valence-corrected chi connectivity index (χ0v) is 12.1. The van der Waals surface area contributed by atoms with Crippen LogP contribution in [0.4, 0.5) is 5.00 Å². The maximum Gasteiger partial charge on any atom is 0.238 e. The summed E-state index contributed by atoms with van der Waals surface area (Å²) in [5.41, 5.74) is 7.22. The molecule has 0 unspecified atom stereocenters. The summed E-state index contributed by atoms with van der Waals surface area (Å²) in [5, 5.41) is 4.31. The number of carbonyl (C=O) groups excluding carboxylic acids is 1. The Morgan fingerprint density at radius 3 is 2.74 bits per heavy atom. The third-order valence-electron chi connectivity index (χ3n) is 2.73. The predicted molar refractivity (Wildman–Crippen MR) is 81.8 cm³/mol. The van der Waals surface area contributed by atoms with Gasteiger partial charge in [-0.3, -0.25) is 4.79 Å². The molecule has 5 heteroatoms. The fourth-order valence-electron chi connectivity index (χ4n) is 1.77. The number of benzene rings is 1. The lowest BCUT2D eigenvalue weighted by molar-refractivity contribution is -0.114. The molecule has 100 valence electrons. The number of nitrogens with one attached hydrogen (secondary N) is 1. The van der Waals surface area contributed by atoms with Crippen LogP contribution in [-0.4, -0.2) is 12.5 Å². The lowest BCUT2D eigenvalue weighted by Gasteiger charge is -2.06. The Morgan fingerprint density at radius 1 is 1.37 bits per heavy atom. The van der Waals surface area contributed by atoms with Crippen molar-refractivity contribution >= 4 is 33.8 Å². The van der Waals surface area contributed by atoms with Crippen LogP contribution in [0.25, 0.3) is 11.1 Å². The summed E-state index contributed by atoms with van der Waals surface area (Å²) in [6.07, 6.45) is 0.917. The van der Waals surface area contributed by atoms with Crippen LogP contribution in [0.5, 0.6) is 0 Å². The van der Waals surface area contributed by atoms with E-state index in [9.17, 15) is 4.79 Å². The second kappa shape index (κ2) is 6.19. The van der Waals surface area contributed by atoms with Crippen molar-refractivity contribution in [3.63, 3.8) is 0 Å². The van der Waals surface area contributed by atoms with E-state index in [1.165, 1.54) is 4.88 Å². The normalized spacial score (nSPS) is 10.5. The van der Waals surface area contributed by atoms with Crippen LogP contribution in [0.1, 0.15) is 11.8 Å². The summed E-state index contributed by atoms with van der Waals surface area (Å²) in [7, 11) is 0. The second-order valence-corrected chi connectivity index (χ2v) is 5.59. The molecular weight excluding hydrogens is 280 g/mol. The molecule has 2 rings (SSSR count). The van der Waals surface area contributed by atoms with E-state index in [2.05, 4.69) is 18.3 Å². The molecule has 19 heavy (non-hydrogen) atoms. The first-order valence-corrected chi connectivity index (χ1v) is 7.22. The van der Waals surface area contributed by atoms with E-state index < -0.39 is 0 Å². The van der Waals surface area contributed by atoms with Crippen molar-refractivity contribution in [3.8, 4) is 11.1 Å². The van der Waals surface area contributed by atoms with Crippen LogP contribution in [0.15, 0.2) is 30.3 Å². The number of nitrogens with two attached hydrogens (primary N) is 1. The molecule has 0 saturated heterocycles. The van der Waals surface area contributed by atoms with Gasteiger partial charge in [0.2, 0.25) is 5.91 Å². The smallest absolute Gasteiger partial charge is 0.238 e. The number of rotatable bonds is 4. The lowest BCUT2D eigenvalue weighted by Crippen LogP contribution is -2.21. The number of halogens is 1. The molecule has 1 heterocycles. The molecular formula is C14H15ClN2OS. The Bertz CT molecular complexity index is 595. The molecule has 1 aromatic heterocycles. The predicted octanol–water partition coefficient (Wildman–Crippen LogP) is 3.53. The molecule has 1 aromatic carbocycles. The number of hydrogen-bond donors (Lipinski definition) is 2. The summed E-state index contributed by atoms with van der Waals surface area (Å²) < 4.78 is 0. The van der Waals surface area contributed by atoms with Gasteiger partial charge in [-0.25, -0.2) is 0 Å². The average molecular weight is 295 g/mol. The summed E-state index contributed by atoms with van der Waals surface area (Å²) in [6.45, 7) is 2.05. The molecule has 0 aliphatic carbocycles. The summed E-state index contributed by atoms with van der Waals surface area (Å²) in [4.78, 5) is 12.7. The maximum atomic E-state index is 11.5. The Hall–Kier alpha value is -1.36. The molecule has 0 saturated carbocycles. The molecule has 0 radical (unpaired) electrons. The minimum atomic E-state index is -0.196. The third kappa shape index (κ3) is 3.15. The van der Waals surface area contributed by atoms with Crippen LogP contribution in [-0.2, 0) is 11.2 Å². The number of aryl methyl sites for hydroxylation is 1. The van der Waals surface area contributed by atoms with Gasteiger partial charge in [0.15, 0.2) is 0 Å². The quantitative estimate of drug-likeness (QED) is 0.906. The molecule has 0 aliphatic heterocycles. The molecule has 0 spiro atoms. The Balaban J connectivity index is 2.46. The van der Waals surface area contributed by atoms with Gasteiger partial charge in [-0.15, -0.1) is 11.3 Å². The van der Waals surface area contributed by atoms with E-state index in [0.29, 0.717) is 5.02 Å². The number of amides is 1. The van der Waals surface area contributed by atoms with Gasteiger partial charge in [0.25, 0.3) is 0 Å². The van der Waals surface area contributed by atoms with Crippen LogP contribution in [0.2, 0.25) is 5.02 Å². The van der Waals surface area contributed by atoms with Crippen molar-refractivity contribution in [1.29, 1.82) is 0 Å². The molecule has 3 nitrogen and oxygen atoms in total. The molecule has 0 aliphatic rings. The van der Waals surface area contributed by atoms with Gasteiger partial charge in [-0.05, 0) is 18.6 Å². The summed E-state index contributed by atoms with van der Waals surface area (Å²) in [5.74, 6) is -0.196. The van der Waals surface area contributed by atoms with Crippen LogP contribution >= 0.6 is 22.9 Å². The molecule has 1 amide bonds. The van der Waals surface area contributed by atoms with Crippen molar-refractivity contribution in [3.05, 3.63) is 40.2 Å². The first kappa shape index (κ1) is 14.1. The highest BCUT2D eigenvalue weighted by Gasteiger charge is 2.14. The first-order chi connectivity index (χ1) is 9.15. The monoisotopic (exact) mass is 294 g/mol. The molecule has 2 aromatic rings. The van der Waals surface area contributed by atoms with Gasteiger partial charge in [0, 0.05) is 21.0 Å². The molecule has 3 N–H and O–H groups in total. The topological polar surface area (TPSA) is 55.1 Å². The van der Waals surface area contributed by atoms with Crippen molar-refractivity contribution in [2.45, 2.75) is 13.3 Å². The van der Waals surface area contributed by atoms with Gasteiger partial charge < -0.3 is 11.1 Å². The van der Waals surface area contributed by atoms with Crippen molar-refractivity contribution in [2.75, 3.05) is 11.9 Å². The van der Waals surface area contributed by atoms with Crippen molar-refractivity contribution in [2.24, 2.45) is 5.73 Å². The Labute approximate surface area is 121 Å². The summed E-state index contributed by atoms with van der Waals surface area (Å²) >= 11 is 7.78. The minimum Gasteiger partial charge on any atom is -0.322 e. The molecule has 0 fully saturated rings. The van der Waals surface area contributed by atoms with E-state index in [-0.39, 0.29) is 12.5 Å². The highest BCUT2D eigenvalue weighted by molar-refractivity contribution is 7.17. The average Bonchev–Trinajstić information content (AvgIpc) is 2.82. The van der Waals surface area contributed by atoms with Gasteiger partial charge in [-0.2, -0.15) is 0 Å². The van der Waals surface area contributed by atoms with Crippen LogP contribution in [0.3, 0.4) is 0 Å². The third-order valence-corrected chi connectivity index (χ3v) is 4.26. The van der Waals surface area contributed by atoms with E-state index in [1.54, 1.807) is 11.3 Å². The highest BCUT2D eigenvalue weighted by atomic mass is 35.5. The van der Waals surface area contributed by atoms with Gasteiger partial charge in [-0.1, -0.05) is 36.7 Å².